The van der Waals surface area contributed by atoms with Crippen molar-refractivity contribution in [2.24, 2.45) is 0 Å². The molecular formula is C15H14ClN3O3S2. The first-order chi connectivity index (χ1) is 11.4. The van der Waals surface area contributed by atoms with E-state index >= 15 is 0 Å². The molecule has 0 aromatic carbocycles. The van der Waals surface area contributed by atoms with Gasteiger partial charge in [-0.05, 0) is 12.8 Å². The minimum absolute atomic E-state index is 0.0855. The number of amides is 1. The topological polar surface area (TPSA) is 89.0 Å². The molecule has 2 heterocycles. The standard InChI is InChI=1S/C15H14ClN3O3S2/c1-8(20)9-6-24-14(19-9)10-7-23-13(18-10)5-17-12(22)4-11(21)15(16)2-3-15/h6-7H,2-5H2,1H3,(H,17,22). The van der Waals surface area contributed by atoms with Crippen molar-refractivity contribution >= 4 is 51.7 Å². The second-order valence-corrected chi connectivity index (χ2v) is 8.09. The predicted octanol–water partition coefficient (Wildman–Crippen LogP) is 2.82. The van der Waals surface area contributed by atoms with Crippen molar-refractivity contribution in [3.05, 3.63) is 21.5 Å². The zero-order chi connectivity index (χ0) is 17.3. The third kappa shape index (κ3) is 3.88. The van der Waals surface area contributed by atoms with Crippen LogP contribution in [-0.4, -0.2) is 32.3 Å². The number of halogens is 1. The molecule has 3 rings (SSSR count). The molecule has 0 saturated heterocycles. The lowest BCUT2D eigenvalue weighted by molar-refractivity contribution is -0.128. The number of carbonyl (C=O) groups is 3. The fraction of sp³-hybridized carbons (Fsp3) is 0.400. The summed E-state index contributed by atoms with van der Waals surface area (Å²) < 4.78 is 0. The average Bonchev–Trinajstić information content (AvgIpc) is 2.96. The van der Waals surface area contributed by atoms with Gasteiger partial charge in [-0.3, -0.25) is 14.4 Å². The normalized spacial score (nSPS) is 15.1. The van der Waals surface area contributed by atoms with Gasteiger partial charge in [0.05, 0.1) is 13.0 Å². The van der Waals surface area contributed by atoms with Gasteiger partial charge in [-0.2, -0.15) is 0 Å². The molecule has 0 atom stereocenters. The second-order valence-electron chi connectivity index (χ2n) is 5.56. The number of nitrogens with one attached hydrogen (secondary N) is 1. The van der Waals surface area contributed by atoms with Crippen LogP contribution in [0.4, 0.5) is 0 Å². The van der Waals surface area contributed by atoms with Gasteiger partial charge in [-0.15, -0.1) is 34.3 Å². The lowest BCUT2D eigenvalue weighted by Crippen LogP contribution is -2.28. The van der Waals surface area contributed by atoms with E-state index in [-0.39, 0.29) is 30.4 Å². The van der Waals surface area contributed by atoms with Gasteiger partial charge < -0.3 is 5.32 Å². The number of rotatable bonds is 7. The third-order valence-electron chi connectivity index (χ3n) is 3.58. The number of aromatic nitrogens is 2. The molecule has 0 radical (unpaired) electrons. The first-order valence-corrected chi connectivity index (χ1v) is 9.41. The Morgan fingerprint density at radius 2 is 2.00 bits per heavy atom. The summed E-state index contributed by atoms with van der Waals surface area (Å²) in [6, 6.07) is 0. The Labute approximate surface area is 151 Å². The number of ketones is 2. The van der Waals surface area contributed by atoms with E-state index in [9.17, 15) is 14.4 Å². The van der Waals surface area contributed by atoms with E-state index in [1.807, 2.05) is 5.38 Å². The van der Waals surface area contributed by atoms with Crippen LogP contribution in [0, 0.1) is 0 Å². The molecule has 1 aliphatic rings. The maximum Gasteiger partial charge on any atom is 0.227 e. The summed E-state index contributed by atoms with van der Waals surface area (Å²) in [4.78, 5) is 42.7. The molecule has 1 fully saturated rings. The molecule has 2 aromatic heterocycles. The van der Waals surface area contributed by atoms with Crippen molar-refractivity contribution in [2.45, 2.75) is 37.6 Å². The van der Waals surface area contributed by atoms with Gasteiger partial charge >= 0.3 is 0 Å². The Balaban J connectivity index is 1.55. The molecule has 1 saturated carbocycles. The smallest absolute Gasteiger partial charge is 0.227 e. The van der Waals surface area contributed by atoms with Crippen molar-refractivity contribution in [1.29, 1.82) is 0 Å². The van der Waals surface area contributed by atoms with Crippen LogP contribution in [0.5, 0.6) is 0 Å². The van der Waals surface area contributed by atoms with E-state index in [0.717, 1.165) is 0 Å². The Bertz CT molecular complexity index is 811. The van der Waals surface area contributed by atoms with Crippen molar-refractivity contribution in [1.82, 2.24) is 15.3 Å². The number of nitrogens with zero attached hydrogens (tertiary/aromatic N) is 2. The lowest BCUT2D eigenvalue weighted by Gasteiger charge is -2.05. The van der Waals surface area contributed by atoms with Crippen LogP contribution in [0.15, 0.2) is 10.8 Å². The summed E-state index contributed by atoms with van der Waals surface area (Å²) in [6.07, 6.45) is 1.09. The maximum atomic E-state index is 11.8. The molecular weight excluding hydrogens is 370 g/mol. The third-order valence-corrected chi connectivity index (χ3v) is 5.88. The highest BCUT2D eigenvalue weighted by Crippen LogP contribution is 2.43. The molecule has 0 unspecified atom stereocenters. The van der Waals surface area contributed by atoms with Crippen LogP contribution < -0.4 is 5.32 Å². The van der Waals surface area contributed by atoms with E-state index in [4.69, 9.17) is 11.6 Å². The molecule has 0 bridgehead atoms. The van der Waals surface area contributed by atoms with Gasteiger partial charge in [-0.1, -0.05) is 0 Å². The molecule has 126 valence electrons. The highest BCUT2D eigenvalue weighted by molar-refractivity contribution is 7.14. The number of hydrogen-bond donors (Lipinski definition) is 1. The van der Waals surface area contributed by atoms with E-state index < -0.39 is 4.87 Å². The van der Waals surface area contributed by atoms with Crippen LogP contribution in [0.3, 0.4) is 0 Å². The SMILES string of the molecule is CC(=O)c1csc(-c2csc(CNC(=O)CC(=O)C3(Cl)CC3)n2)n1. The van der Waals surface area contributed by atoms with Crippen LogP contribution in [0.2, 0.25) is 0 Å². The fourth-order valence-corrected chi connectivity index (χ4v) is 3.75. The number of hydrogen-bond acceptors (Lipinski definition) is 7. The average molecular weight is 384 g/mol. The molecule has 6 nitrogen and oxygen atoms in total. The van der Waals surface area contributed by atoms with Crippen molar-refractivity contribution in [3.63, 3.8) is 0 Å². The Morgan fingerprint density at radius 1 is 1.25 bits per heavy atom. The summed E-state index contributed by atoms with van der Waals surface area (Å²) >= 11 is 8.72. The number of Topliss-reactive ketones (excluding diaryl/α,β-unsaturated/α-hetero) is 2. The van der Waals surface area contributed by atoms with Gasteiger partial charge in [0.1, 0.15) is 26.3 Å². The van der Waals surface area contributed by atoms with E-state index in [1.54, 1.807) is 5.38 Å². The van der Waals surface area contributed by atoms with Crippen molar-refractivity contribution < 1.29 is 14.4 Å². The highest BCUT2D eigenvalue weighted by atomic mass is 35.5. The van der Waals surface area contributed by atoms with Gasteiger partial charge in [-0.25, -0.2) is 9.97 Å². The quantitative estimate of drug-likeness (QED) is 0.451. The number of thiazole rings is 2. The second kappa shape index (κ2) is 6.70. The van der Waals surface area contributed by atoms with Gasteiger partial charge in [0.15, 0.2) is 11.6 Å². The molecule has 9 heteroatoms. The summed E-state index contributed by atoms with van der Waals surface area (Å²) in [7, 11) is 0. The molecule has 0 aliphatic heterocycles. The van der Waals surface area contributed by atoms with Crippen LogP contribution >= 0.6 is 34.3 Å². The van der Waals surface area contributed by atoms with Crippen molar-refractivity contribution in [2.75, 3.05) is 0 Å². The first-order valence-electron chi connectivity index (χ1n) is 7.27. The summed E-state index contributed by atoms with van der Waals surface area (Å²) in [5.41, 5.74) is 1.10. The molecule has 24 heavy (non-hydrogen) atoms. The first kappa shape index (κ1) is 17.2. The summed E-state index contributed by atoms with van der Waals surface area (Å²) in [5, 5.41) is 7.58. The highest BCUT2D eigenvalue weighted by Gasteiger charge is 2.47. The van der Waals surface area contributed by atoms with Gasteiger partial charge in [0.2, 0.25) is 5.91 Å². The van der Waals surface area contributed by atoms with E-state index in [1.165, 1.54) is 29.6 Å². The Hall–Kier alpha value is -1.64. The van der Waals surface area contributed by atoms with Crippen molar-refractivity contribution in [3.8, 4) is 10.7 Å². The zero-order valence-electron chi connectivity index (χ0n) is 12.8. The minimum atomic E-state index is -0.801. The molecule has 1 amide bonds. The summed E-state index contributed by atoms with van der Waals surface area (Å²) in [5.74, 6) is -0.657. The fourth-order valence-electron chi connectivity index (χ4n) is 1.97. The van der Waals surface area contributed by atoms with Crippen LogP contribution in [-0.2, 0) is 16.1 Å². The number of alkyl halides is 1. The molecule has 2 aromatic rings. The number of carbonyl (C=O) groups excluding carboxylic acids is 3. The van der Waals surface area contributed by atoms with E-state index in [2.05, 4.69) is 15.3 Å². The Kier molecular flexibility index (Phi) is 4.80. The zero-order valence-corrected chi connectivity index (χ0v) is 15.2. The van der Waals surface area contributed by atoms with E-state index in [0.29, 0.717) is 34.2 Å². The lowest BCUT2D eigenvalue weighted by atomic mass is 10.2. The Morgan fingerprint density at radius 3 is 2.62 bits per heavy atom. The summed E-state index contributed by atoms with van der Waals surface area (Å²) in [6.45, 7) is 1.71. The van der Waals surface area contributed by atoms with Gasteiger partial charge in [0.25, 0.3) is 0 Å². The maximum absolute atomic E-state index is 11.8. The molecule has 0 spiro atoms. The van der Waals surface area contributed by atoms with Crippen LogP contribution in [0.1, 0.15) is 41.7 Å². The van der Waals surface area contributed by atoms with Gasteiger partial charge in [0, 0.05) is 17.7 Å². The largest absolute Gasteiger partial charge is 0.349 e. The van der Waals surface area contributed by atoms with Crippen LogP contribution in [0.25, 0.3) is 10.7 Å². The minimum Gasteiger partial charge on any atom is -0.349 e. The monoisotopic (exact) mass is 383 g/mol. The predicted molar refractivity (Wildman–Crippen MR) is 92.5 cm³/mol. The molecule has 1 aliphatic carbocycles. The molecule has 1 N–H and O–H groups in total.